The molecule has 0 aliphatic carbocycles. The molecule has 3 nitrogen and oxygen atoms in total. The van der Waals surface area contributed by atoms with Crippen molar-refractivity contribution in [2.45, 2.75) is 18.7 Å². The molecule has 0 radical (unpaired) electrons. The van der Waals surface area contributed by atoms with Crippen LogP contribution in [-0.4, -0.2) is 8.42 Å². The Hall–Kier alpha value is -0.120. The molecule has 0 amide bonds. The molecule has 1 heterocycles. The third-order valence-corrected chi connectivity index (χ3v) is 6.91. The Labute approximate surface area is 138 Å². The van der Waals surface area contributed by atoms with Gasteiger partial charge in [-0.25, -0.2) is 8.42 Å². The highest BCUT2D eigenvalue weighted by atomic mass is 127. The predicted octanol–water partition coefficient (Wildman–Crippen LogP) is 4.53. The number of anilines is 1. The molecule has 0 saturated carbocycles. The number of halogens is 2. The van der Waals surface area contributed by atoms with Gasteiger partial charge in [-0.05, 0) is 76.1 Å². The van der Waals surface area contributed by atoms with Crippen LogP contribution in [-0.2, 0) is 10.0 Å². The van der Waals surface area contributed by atoms with Crippen LogP contribution >= 0.6 is 49.9 Å². The largest absolute Gasteiger partial charge is 0.280 e. The molecule has 0 atom stereocenters. The lowest BCUT2D eigenvalue weighted by Crippen LogP contribution is -2.13. The molecule has 2 rings (SSSR count). The Morgan fingerprint density at radius 2 is 1.95 bits per heavy atom. The molecule has 7 heteroatoms. The van der Waals surface area contributed by atoms with E-state index in [1.807, 2.05) is 19.1 Å². The monoisotopic (exact) mass is 471 g/mol. The topological polar surface area (TPSA) is 46.2 Å². The summed E-state index contributed by atoms with van der Waals surface area (Å²) in [5.74, 6) is 0. The van der Waals surface area contributed by atoms with Crippen molar-refractivity contribution in [1.29, 1.82) is 0 Å². The molecule has 1 N–H and O–H groups in total. The predicted molar refractivity (Wildman–Crippen MR) is 91.5 cm³/mol. The lowest BCUT2D eigenvalue weighted by Gasteiger charge is -2.09. The molecule has 0 spiro atoms. The summed E-state index contributed by atoms with van der Waals surface area (Å²) >= 11 is 6.90. The standard InChI is InChI=1S/C12H11BrINO2S2/c1-7-3-4-9(5-10(7)14)15-19(16,17)11-6-12(13)18-8(11)2/h3-6,15H,1-2H3. The van der Waals surface area contributed by atoms with Gasteiger partial charge in [-0.3, -0.25) is 4.72 Å². The zero-order chi connectivity index (χ0) is 14.2. The third kappa shape index (κ3) is 3.50. The first-order chi connectivity index (χ1) is 8.79. The Morgan fingerprint density at radius 1 is 1.26 bits per heavy atom. The minimum atomic E-state index is -3.53. The highest BCUT2D eigenvalue weighted by molar-refractivity contribution is 14.1. The Morgan fingerprint density at radius 3 is 2.47 bits per heavy atom. The fraction of sp³-hybridized carbons (Fsp3) is 0.167. The normalized spacial score (nSPS) is 11.6. The van der Waals surface area contributed by atoms with Crippen LogP contribution < -0.4 is 4.72 Å². The Bertz CT molecular complexity index is 725. The van der Waals surface area contributed by atoms with E-state index in [2.05, 4.69) is 43.2 Å². The maximum absolute atomic E-state index is 12.3. The van der Waals surface area contributed by atoms with E-state index in [-0.39, 0.29) is 0 Å². The summed E-state index contributed by atoms with van der Waals surface area (Å²) in [5, 5.41) is 0. The van der Waals surface area contributed by atoms with E-state index in [0.29, 0.717) is 10.6 Å². The van der Waals surface area contributed by atoms with Crippen LogP contribution in [0.15, 0.2) is 32.9 Å². The van der Waals surface area contributed by atoms with Gasteiger partial charge < -0.3 is 0 Å². The summed E-state index contributed by atoms with van der Waals surface area (Å²) in [4.78, 5) is 1.08. The van der Waals surface area contributed by atoms with E-state index in [1.54, 1.807) is 19.1 Å². The number of hydrogen-bond acceptors (Lipinski definition) is 3. The first-order valence-electron chi connectivity index (χ1n) is 5.34. The van der Waals surface area contributed by atoms with Crippen LogP contribution in [0.4, 0.5) is 5.69 Å². The zero-order valence-electron chi connectivity index (χ0n) is 10.2. The lowest BCUT2D eigenvalue weighted by molar-refractivity contribution is 0.601. The second kappa shape index (κ2) is 5.71. The van der Waals surface area contributed by atoms with Crippen molar-refractivity contribution in [2.75, 3.05) is 4.72 Å². The number of hydrogen-bond donors (Lipinski definition) is 1. The second-order valence-electron chi connectivity index (χ2n) is 4.04. The summed E-state index contributed by atoms with van der Waals surface area (Å²) in [5.41, 5.74) is 1.70. The smallest absolute Gasteiger partial charge is 0.263 e. The highest BCUT2D eigenvalue weighted by Gasteiger charge is 2.19. The summed E-state index contributed by atoms with van der Waals surface area (Å²) < 4.78 is 29.1. The van der Waals surface area contributed by atoms with Crippen LogP contribution in [0.25, 0.3) is 0 Å². The summed E-state index contributed by atoms with van der Waals surface area (Å²) in [6.07, 6.45) is 0. The molecule has 1 aromatic carbocycles. The SMILES string of the molecule is Cc1ccc(NS(=O)(=O)c2cc(Br)sc2C)cc1I. The van der Waals surface area contributed by atoms with Crippen molar-refractivity contribution >= 4 is 65.6 Å². The van der Waals surface area contributed by atoms with Gasteiger partial charge in [0.2, 0.25) is 0 Å². The molecule has 102 valence electrons. The third-order valence-electron chi connectivity index (χ3n) is 2.56. The van der Waals surface area contributed by atoms with Crippen LogP contribution in [0.1, 0.15) is 10.4 Å². The molecule has 2 aromatic rings. The zero-order valence-corrected chi connectivity index (χ0v) is 15.6. The fourth-order valence-electron chi connectivity index (χ4n) is 1.56. The number of benzene rings is 1. The van der Waals surface area contributed by atoms with E-state index < -0.39 is 10.0 Å². The molecule has 0 unspecified atom stereocenters. The summed E-state index contributed by atoms with van der Waals surface area (Å²) in [6.45, 7) is 3.78. The van der Waals surface area contributed by atoms with Crippen molar-refractivity contribution in [1.82, 2.24) is 0 Å². The van der Waals surface area contributed by atoms with Crippen molar-refractivity contribution in [3.8, 4) is 0 Å². The van der Waals surface area contributed by atoms with Crippen molar-refractivity contribution < 1.29 is 8.42 Å². The van der Waals surface area contributed by atoms with Gasteiger partial charge >= 0.3 is 0 Å². The molecule has 0 aliphatic rings. The van der Waals surface area contributed by atoms with E-state index >= 15 is 0 Å². The molecule has 0 aliphatic heterocycles. The van der Waals surface area contributed by atoms with E-state index in [1.165, 1.54) is 11.3 Å². The van der Waals surface area contributed by atoms with Crippen molar-refractivity contribution in [3.05, 3.63) is 42.1 Å². The van der Waals surface area contributed by atoms with Gasteiger partial charge in [0.25, 0.3) is 10.0 Å². The Balaban J connectivity index is 2.36. The number of nitrogens with one attached hydrogen (secondary N) is 1. The van der Waals surface area contributed by atoms with Gasteiger partial charge in [-0.2, -0.15) is 0 Å². The average molecular weight is 472 g/mol. The molecule has 0 fully saturated rings. The average Bonchev–Trinajstić information content (AvgIpc) is 2.63. The van der Waals surface area contributed by atoms with Gasteiger partial charge in [-0.15, -0.1) is 11.3 Å². The minimum Gasteiger partial charge on any atom is -0.280 e. The van der Waals surface area contributed by atoms with Crippen LogP contribution in [0.2, 0.25) is 0 Å². The first kappa shape index (κ1) is 15.3. The van der Waals surface area contributed by atoms with Gasteiger partial charge in [0.05, 0.1) is 3.79 Å². The Kier molecular flexibility index (Phi) is 4.59. The van der Waals surface area contributed by atoms with Crippen LogP contribution in [0.3, 0.4) is 0 Å². The molecular weight excluding hydrogens is 461 g/mol. The maximum Gasteiger partial charge on any atom is 0.263 e. The molecule has 0 saturated heterocycles. The molecule has 19 heavy (non-hydrogen) atoms. The molecule has 0 bridgehead atoms. The summed E-state index contributed by atoms with van der Waals surface area (Å²) in [7, 11) is -3.53. The van der Waals surface area contributed by atoms with E-state index in [4.69, 9.17) is 0 Å². The number of sulfonamides is 1. The number of rotatable bonds is 3. The maximum atomic E-state index is 12.3. The number of aryl methyl sites for hydroxylation is 2. The minimum absolute atomic E-state index is 0.319. The van der Waals surface area contributed by atoms with Gasteiger partial charge in [0, 0.05) is 14.1 Å². The first-order valence-corrected chi connectivity index (χ1v) is 9.51. The second-order valence-corrected chi connectivity index (χ2v) is 9.49. The van der Waals surface area contributed by atoms with Crippen molar-refractivity contribution in [2.24, 2.45) is 0 Å². The van der Waals surface area contributed by atoms with E-state index in [9.17, 15) is 8.42 Å². The highest BCUT2D eigenvalue weighted by Crippen LogP contribution is 2.31. The van der Waals surface area contributed by atoms with Gasteiger partial charge in [-0.1, -0.05) is 6.07 Å². The van der Waals surface area contributed by atoms with Crippen molar-refractivity contribution in [3.63, 3.8) is 0 Å². The van der Waals surface area contributed by atoms with E-state index in [0.717, 1.165) is 17.8 Å². The fourth-order valence-corrected chi connectivity index (χ4v) is 5.54. The van der Waals surface area contributed by atoms with Crippen LogP contribution in [0, 0.1) is 17.4 Å². The number of thiophene rings is 1. The quantitative estimate of drug-likeness (QED) is 0.668. The molecular formula is C12H11BrINO2S2. The molecule has 1 aromatic heterocycles. The lowest BCUT2D eigenvalue weighted by atomic mass is 10.2. The van der Waals surface area contributed by atoms with Gasteiger partial charge in [0.15, 0.2) is 0 Å². The van der Waals surface area contributed by atoms with Crippen LogP contribution in [0.5, 0.6) is 0 Å². The van der Waals surface area contributed by atoms with Gasteiger partial charge in [0.1, 0.15) is 4.90 Å². The summed E-state index contributed by atoms with van der Waals surface area (Å²) in [6, 6.07) is 7.12.